The molecule has 1 atom stereocenters. The molecular formula is C29H37N5O3S. The van der Waals surface area contributed by atoms with Gasteiger partial charge >= 0.3 is 0 Å². The maximum atomic E-state index is 12.4. The molecule has 1 aliphatic rings. The quantitative estimate of drug-likeness (QED) is 0.412. The van der Waals surface area contributed by atoms with E-state index in [4.69, 9.17) is 4.42 Å². The van der Waals surface area contributed by atoms with Crippen LogP contribution in [-0.2, 0) is 15.4 Å². The molecule has 38 heavy (non-hydrogen) atoms. The highest BCUT2D eigenvalue weighted by atomic mass is 32.2. The fourth-order valence-corrected chi connectivity index (χ4v) is 5.60. The van der Waals surface area contributed by atoms with Gasteiger partial charge in [-0.25, -0.2) is 12.7 Å². The maximum Gasteiger partial charge on any atom is 0.242 e. The number of hydrogen-bond donors (Lipinski definition) is 1. The van der Waals surface area contributed by atoms with Crippen LogP contribution in [0.3, 0.4) is 0 Å². The minimum atomic E-state index is -3.54. The minimum absolute atomic E-state index is 0.0875. The van der Waals surface area contributed by atoms with Gasteiger partial charge in [0, 0.05) is 26.2 Å². The number of piperidine rings is 1. The van der Waals surface area contributed by atoms with E-state index < -0.39 is 10.0 Å². The van der Waals surface area contributed by atoms with Gasteiger partial charge in [-0.1, -0.05) is 51.5 Å². The second-order valence-corrected chi connectivity index (χ2v) is 13.1. The van der Waals surface area contributed by atoms with Crippen molar-refractivity contribution in [2.24, 2.45) is 0 Å². The van der Waals surface area contributed by atoms with E-state index in [1.54, 1.807) is 12.1 Å². The molecule has 1 fully saturated rings. The summed E-state index contributed by atoms with van der Waals surface area (Å²) < 4.78 is 31.9. The zero-order valence-electron chi connectivity index (χ0n) is 22.9. The summed E-state index contributed by atoms with van der Waals surface area (Å²) in [7, 11) is -0.556. The zero-order chi connectivity index (χ0) is 27.5. The van der Waals surface area contributed by atoms with Crippen LogP contribution in [0.2, 0.25) is 0 Å². The van der Waals surface area contributed by atoms with Gasteiger partial charge in [-0.15, -0.1) is 0 Å². The van der Waals surface area contributed by atoms with Gasteiger partial charge in [-0.05, 0) is 66.7 Å². The van der Waals surface area contributed by atoms with Gasteiger partial charge in [0.2, 0.25) is 27.5 Å². The second-order valence-electron chi connectivity index (χ2n) is 11.0. The molecule has 0 aliphatic carbocycles. The molecule has 1 unspecified atom stereocenters. The van der Waals surface area contributed by atoms with E-state index in [0.717, 1.165) is 13.1 Å². The number of rotatable bonds is 8. The smallest absolute Gasteiger partial charge is 0.242 e. The van der Waals surface area contributed by atoms with Gasteiger partial charge < -0.3 is 9.73 Å². The van der Waals surface area contributed by atoms with Crippen molar-refractivity contribution in [2.45, 2.75) is 56.4 Å². The van der Waals surface area contributed by atoms with Gasteiger partial charge in [0.25, 0.3) is 0 Å². The highest BCUT2D eigenvalue weighted by molar-refractivity contribution is 7.89. The molecule has 3 aromatic rings. The molecule has 202 valence electrons. The van der Waals surface area contributed by atoms with Crippen molar-refractivity contribution in [2.75, 3.05) is 39.0 Å². The van der Waals surface area contributed by atoms with Crippen molar-refractivity contribution in [1.82, 2.24) is 14.2 Å². The lowest BCUT2D eigenvalue weighted by atomic mass is 9.86. The molecule has 8 nitrogen and oxygen atoms in total. The Labute approximate surface area is 226 Å². The Morgan fingerprint density at radius 3 is 2.24 bits per heavy atom. The summed E-state index contributed by atoms with van der Waals surface area (Å²) in [6.45, 7) is 9.27. The van der Waals surface area contributed by atoms with E-state index in [1.807, 2.05) is 0 Å². The SMILES string of the molecule is CN(C)S(=O)(=O)c1ccc(-c2nc(C#N)c(NCC(c3ccc(C(C)(C)C)cc3)N3CCCCC3)o2)cc1. The molecule has 9 heteroatoms. The van der Waals surface area contributed by atoms with Crippen LogP contribution in [-0.4, -0.2) is 56.3 Å². The maximum absolute atomic E-state index is 12.4. The average Bonchev–Trinajstić information content (AvgIpc) is 3.32. The molecule has 0 spiro atoms. The summed E-state index contributed by atoms with van der Waals surface area (Å²) in [6, 6.07) is 17.4. The first-order valence-electron chi connectivity index (χ1n) is 13.0. The monoisotopic (exact) mass is 535 g/mol. The Kier molecular flexibility index (Phi) is 8.26. The van der Waals surface area contributed by atoms with Crippen LogP contribution in [0.1, 0.15) is 62.9 Å². The van der Waals surface area contributed by atoms with Gasteiger partial charge in [0.15, 0.2) is 0 Å². The van der Waals surface area contributed by atoms with Gasteiger partial charge in [-0.2, -0.15) is 10.2 Å². The fraction of sp³-hybridized carbons (Fsp3) is 0.448. The van der Waals surface area contributed by atoms with Crippen molar-refractivity contribution < 1.29 is 12.8 Å². The first kappa shape index (κ1) is 27.8. The number of oxazole rings is 1. The van der Waals surface area contributed by atoms with Crippen LogP contribution in [0.4, 0.5) is 5.88 Å². The third-order valence-corrected chi connectivity index (χ3v) is 8.89. The summed E-state index contributed by atoms with van der Waals surface area (Å²) in [4.78, 5) is 7.04. The average molecular weight is 536 g/mol. The molecule has 0 bridgehead atoms. The molecule has 1 saturated heterocycles. The first-order valence-corrected chi connectivity index (χ1v) is 14.5. The number of aromatic nitrogens is 1. The summed E-state index contributed by atoms with van der Waals surface area (Å²) in [6.07, 6.45) is 3.59. The normalized spacial score (nSPS) is 15.8. The van der Waals surface area contributed by atoms with Gasteiger partial charge in [0.05, 0.1) is 10.9 Å². The Bertz CT molecular complexity index is 1380. The van der Waals surface area contributed by atoms with Crippen LogP contribution in [0.15, 0.2) is 57.8 Å². The predicted octanol–water partition coefficient (Wildman–Crippen LogP) is 5.40. The van der Waals surface area contributed by atoms with E-state index in [2.05, 4.69) is 66.3 Å². The van der Waals surface area contributed by atoms with Crippen LogP contribution in [0.25, 0.3) is 11.5 Å². The standard InChI is InChI=1S/C29H37N5O3S/c1-29(2,3)23-13-9-21(10-14-23)26(34-17-7-6-8-18-34)20-31-28-25(19-30)32-27(37-28)22-11-15-24(16-12-22)38(35,36)33(4)5/h9-16,26,31H,6-8,17-18,20H2,1-5H3. The molecule has 0 amide bonds. The molecule has 1 aromatic heterocycles. The Morgan fingerprint density at radius 2 is 1.68 bits per heavy atom. The largest absolute Gasteiger partial charge is 0.419 e. The van der Waals surface area contributed by atoms with E-state index in [1.165, 1.54) is 60.9 Å². The van der Waals surface area contributed by atoms with Crippen LogP contribution in [0.5, 0.6) is 0 Å². The van der Waals surface area contributed by atoms with Crippen molar-refractivity contribution in [3.63, 3.8) is 0 Å². The number of sulfonamides is 1. The molecule has 1 aliphatic heterocycles. The van der Waals surface area contributed by atoms with E-state index >= 15 is 0 Å². The summed E-state index contributed by atoms with van der Waals surface area (Å²) in [5, 5.41) is 13.1. The number of benzene rings is 2. The topological polar surface area (TPSA) is 102 Å². The lowest BCUT2D eigenvalue weighted by Crippen LogP contribution is -2.37. The fourth-order valence-electron chi connectivity index (χ4n) is 4.70. The van der Waals surface area contributed by atoms with Crippen LogP contribution < -0.4 is 5.32 Å². The van der Waals surface area contributed by atoms with Crippen molar-refractivity contribution in [3.05, 3.63) is 65.4 Å². The number of hydrogen-bond acceptors (Lipinski definition) is 7. The summed E-state index contributed by atoms with van der Waals surface area (Å²) in [5.41, 5.74) is 3.37. The molecule has 2 aromatic carbocycles. The third kappa shape index (κ3) is 6.09. The summed E-state index contributed by atoms with van der Waals surface area (Å²) in [5.74, 6) is 0.586. The van der Waals surface area contributed by atoms with E-state index in [-0.39, 0.29) is 27.9 Å². The molecule has 1 N–H and O–H groups in total. The molecule has 0 radical (unpaired) electrons. The van der Waals surface area contributed by atoms with Crippen molar-refractivity contribution in [3.8, 4) is 17.5 Å². The Hall–Kier alpha value is -3.19. The van der Waals surface area contributed by atoms with Crippen molar-refractivity contribution in [1.29, 1.82) is 5.26 Å². The zero-order valence-corrected chi connectivity index (χ0v) is 23.7. The lowest BCUT2D eigenvalue weighted by Gasteiger charge is -2.35. The highest BCUT2D eigenvalue weighted by Gasteiger charge is 2.25. The first-order chi connectivity index (χ1) is 18.0. The molecule has 4 rings (SSSR count). The summed E-state index contributed by atoms with van der Waals surface area (Å²) >= 11 is 0. The third-order valence-electron chi connectivity index (χ3n) is 7.06. The number of nitrogens with one attached hydrogen (secondary N) is 1. The predicted molar refractivity (Wildman–Crippen MR) is 149 cm³/mol. The Balaban J connectivity index is 1.56. The number of nitriles is 1. The second kappa shape index (κ2) is 11.3. The highest BCUT2D eigenvalue weighted by Crippen LogP contribution is 2.31. The lowest BCUT2D eigenvalue weighted by molar-refractivity contribution is 0.170. The number of nitrogens with zero attached hydrogens (tertiary/aromatic N) is 4. The van der Waals surface area contributed by atoms with E-state index in [9.17, 15) is 13.7 Å². The number of anilines is 1. The van der Waals surface area contributed by atoms with E-state index in [0.29, 0.717) is 18.0 Å². The molecule has 2 heterocycles. The van der Waals surface area contributed by atoms with Crippen LogP contribution in [0, 0.1) is 11.3 Å². The van der Waals surface area contributed by atoms with Gasteiger partial charge in [-0.3, -0.25) is 4.90 Å². The molecule has 0 saturated carbocycles. The van der Waals surface area contributed by atoms with Gasteiger partial charge in [0.1, 0.15) is 6.07 Å². The molecular weight excluding hydrogens is 498 g/mol. The van der Waals surface area contributed by atoms with Crippen LogP contribution >= 0.6 is 0 Å². The minimum Gasteiger partial charge on any atom is -0.419 e. The van der Waals surface area contributed by atoms with Crippen molar-refractivity contribution >= 4 is 15.9 Å². The number of likely N-dealkylation sites (tertiary alicyclic amines) is 1. The Morgan fingerprint density at radius 1 is 1.05 bits per heavy atom.